The highest BCUT2D eigenvalue weighted by Gasteiger charge is 2.17. The lowest BCUT2D eigenvalue weighted by atomic mass is 10.3. The highest BCUT2D eigenvalue weighted by molar-refractivity contribution is 5.92. The van der Waals surface area contributed by atoms with Gasteiger partial charge in [0.2, 0.25) is 0 Å². The van der Waals surface area contributed by atoms with Crippen LogP contribution in [-0.2, 0) is 9.53 Å². The lowest BCUT2D eigenvalue weighted by molar-refractivity contribution is -0.114. The van der Waals surface area contributed by atoms with E-state index in [0.29, 0.717) is 26.0 Å². The van der Waals surface area contributed by atoms with E-state index in [1.54, 1.807) is 13.2 Å². The molecule has 0 aliphatic heterocycles. The number of hydrogen-bond donors (Lipinski definition) is 0. The van der Waals surface area contributed by atoms with Crippen LogP contribution in [0.4, 0.5) is 0 Å². The standard InChI is InChI=1S/C11H16N2O2/c1-15-8-7-13(6-2-5-12)10-3-4-11(14)9-10/h9H,2-4,6-8H2,1H3. The highest BCUT2D eigenvalue weighted by Crippen LogP contribution is 2.19. The van der Waals surface area contributed by atoms with E-state index in [0.717, 1.165) is 18.7 Å². The summed E-state index contributed by atoms with van der Waals surface area (Å²) in [5, 5.41) is 8.54. The van der Waals surface area contributed by atoms with Gasteiger partial charge in [0.25, 0.3) is 0 Å². The van der Waals surface area contributed by atoms with Crippen molar-refractivity contribution in [3.05, 3.63) is 11.8 Å². The Balaban J connectivity index is 2.51. The van der Waals surface area contributed by atoms with Crippen molar-refractivity contribution in [2.75, 3.05) is 26.8 Å². The SMILES string of the molecule is COCCN(CCC#N)C1=CC(=O)CC1. The van der Waals surface area contributed by atoms with Gasteiger partial charge in [-0.05, 0) is 6.42 Å². The van der Waals surface area contributed by atoms with Gasteiger partial charge in [-0.1, -0.05) is 0 Å². The minimum Gasteiger partial charge on any atom is -0.383 e. The van der Waals surface area contributed by atoms with E-state index < -0.39 is 0 Å². The zero-order valence-electron chi connectivity index (χ0n) is 9.03. The van der Waals surface area contributed by atoms with Gasteiger partial charge in [0.15, 0.2) is 5.78 Å². The number of rotatable bonds is 6. The molecule has 1 rings (SSSR count). The Morgan fingerprint density at radius 1 is 1.53 bits per heavy atom. The van der Waals surface area contributed by atoms with Crippen LogP contribution in [0.15, 0.2) is 11.8 Å². The Labute approximate surface area is 90.1 Å². The maximum absolute atomic E-state index is 11.1. The zero-order chi connectivity index (χ0) is 11.1. The summed E-state index contributed by atoms with van der Waals surface area (Å²) >= 11 is 0. The fourth-order valence-corrected chi connectivity index (χ4v) is 1.62. The highest BCUT2D eigenvalue weighted by atomic mass is 16.5. The van der Waals surface area contributed by atoms with Crippen LogP contribution < -0.4 is 0 Å². The molecule has 0 saturated heterocycles. The van der Waals surface area contributed by atoms with Gasteiger partial charge in [-0.3, -0.25) is 4.79 Å². The van der Waals surface area contributed by atoms with Crippen molar-refractivity contribution in [2.45, 2.75) is 19.3 Å². The zero-order valence-corrected chi connectivity index (χ0v) is 9.03. The van der Waals surface area contributed by atoms with E-state index in [1.807, 2.05) is 0 Å². The largest absolute Gasteiger partial charge is 0.383 e. The Hall–Kier alpha value is -1.34. The summed E-state index contributed by atoms with van der Waals surface area (Å²) < 4.78 is 5.00. The number of nitriles is 1. The number of allylic oxidation sites excluding steroid dienone is 2. The normalized spacial score (nSPS) is 14.9. The fraction of sp³-hybridized carbons (Fsp3) is 0.636. The quantitative estimate of drug-likeness (QED) is 0.655. The average molecular weight is 208 g/mol. The van der Waals surface area contributed by atoms with Crippen molar-refractivity contribution in [1.29, 1.82) is 5.26 Å². The summed E-state index contributed by atoms with van der Waals surface area (Å²) in [6.45, 7) is 2.05. The summed E-state index contributed by atoms with van der Waals surface area (Å²) in [5.41, 5.74) is 1.05. The van der Waals surface area contributed by atoms with Gasteiger partial charge in [-0.15, -0.1) is 0 Å². The van der Waals surface area contributed by atoms with Gasteiger partial charge in [0.1, 0.15) is 0 Å². The Bertz CT molecular complexity index is 291. The Kier molecular flexibility index (Phi) is 4.85. The number of carbonyl (C=O) groups is 1. The molecule has 4 heteroatoms. The van der Waals surface area contributed by atoms with Crippen LogP contribution in [0.25, 0.3) is 0 Å². The molecule has 82 valence electrons. The second kappa shape index (κ2) is 6.20. The molecule has 1 aliphatic rings. The molecule has 0 saturated carbocycles. The first-order valence-electron chi connectivity index (χ1n) is 5.12. The van der Waals surface area contributed by atoms with Crippen molar-refractivity contribution >= 4 is 5.78 Å². The maximum Gasteiger partial charge on any atom is 0.157 e. The average Bonchev–Trinajstić information content (AvgIpc) is 2.65. The number of hydrogen-bond acceptors (Lipinski definition) is 4. The summed E-state index contributed by atoms with van der Waals surface area (Å²) in [4.78, 5) is 13.2. The molecule has 0 spiro atoms. The molecule has 0 unspecified atom stereocenters. The number of ether oxygens (including phenoxy) is 1. The molecule has 0 aromatic rings. The van der Waals surface area contributed by atoms with E-state index in [2.05, 4.69) is 11.0 Å². The van der Waals surface area contributed by atoms with Gasteiger partial charge in [-0.2, -0.15) is 5.26 Å². The second-order valence-electron chi connectivity index (χ2n) is 3.49. The van der Waals surface area contributed by atoms with Gasteiger partial charge in [0, 0.05) is 38.4 Å². The van der Waals surface area contributed by atoms with Crippen LogP contribution in [0, 0.1) is 11.3 Å². The molecule has 0 bridgehead atoms. The van der Waals surface area contributed by atoms with Crippen molar-refractivity contribution < 1.29 is 9.53 Å². The molecule has 0 radical (unpaired) electrons. The van der Waals surface area contributed by atoms with Gasteiger partial charge < -0.3 is 9.64 Å². The van der Waals surface area contributed by atoms with Crippen molar-refractivity contribution in [3.63, 3.8) is 0 Å². The minimum atomic E-state index is 0.185. The van der Waals surface area contributed by atoms with Crippen LogP contribution in [0.1, 0.15) is 19.3 Å². The summed E-state index contributed by atoms with van der Waals surface area (Å²) in [6.07, 6.45) is 3.57. The summed E-state index contributed by atoms with van der Waals surface area (Å²) in [7, 11) is 1.65. The summed E-state index contributed by atoms with van der Waals surface area (Å²) in [6, 6.07) is 2.11. The third-order valence-electron chi connectivity index (χ3n) is 2.42. The molecule has 0 fully saturated rings. The van der Waals surface area contributed by atoms with Crippen LogP contribution in [-0.4, -0.2) is 37.5 Å². The van der Waals surface area contributed by atoms with Crippen LogP contribution in [0.5, 0.6) is 0 Å². The lowest BCUT2D eigenvalue weighted by Gasteiger charge is -2.24. The minimum absolute atomic E-state index is 0.185. The van der Waals surface area contributed by atoms with Crippen molar-refractivity contribution in [2.24, 2.45) is 0 Å². The van der Waals surface area contributed by atoms with E-state index in [9.17, 15) is 4.79 Å². The van der Waals surface area contributed by atoms with Crippen molar-refractivity contribution in [3.8, 4) is 6.07 Å². The molecule has 1 aliphatic carbocycles. The number of carbonyl (C=O) groups excluding carboxylic acids is 1. The first kappa shape index (κ1) is 11.7. The predicted octanol–water partition coefficient (Wildman–Crippen LogP) is 1.10. The predicted molar refractivity (Wildman–Crippen MR) is 56.0 cm³/mol. The smallest absolute Gasteiger partial charge is 0.157 e. The molecule has 0 aromatic carbocycles. The second-order valence-corrected chi connectivity index (χ2v) is 3.49. The maximum atomic E-state index is 11.1. The molecular weight excluding hydrogens is 192 g/mol. The van der Waals surface area contributed by atoms with E-state index in [1.165, 1.54) is 0 Å². The number of ketones is 1. The molecule has 4 nitrogen and oxygen atoms in total. The molecule has 0 heterocycles. The fourth-order valence-electron chi connectivity index (χ4n) is 1.62. The molecular formula is C11H16N2O2. The molecule has 15 heavy (non-hydrogen) atoms. The van der Waals surface area contributed by atoms with Crippen LogP contribution >= 0.6 is 0 Å². The molecule has 0 N–H and O–H groups in total. The molecule has 0 amide bonds. The first-order valence-corrected chi connectivity index (χ1v) is 5.12. The van der Waals surface area contributed by atoms with E-state index >= 15 is 0 Å². The third-order valence-corrected chi connectivity index (χ3v) is 2.42. The lowest BCUT2D eigenvalue weighted by Crippen LogP contribution is -2.27. The Morgan fingerprint density at radius 3 is 2.87 bits per heavy atom. The van der Waals surface area contributed by atoms with Crippen LogP contribution in [0.2, 0.25) is 0 Å². The van der Waals surface area contributed by atoms with Gasteiger partial charge in [0.05, 0.1) is 19.1 Å². The number of nitrogens with zero attached hydrogens (tertiary/aromatic N) is 2. The molecule has 0 aromatic heterocycles. The van der Waals surface area contributed by atoms with Crippen molar-refractivity contribution in [1.82, 2.24) is 4.90 Å². The monoisotopic (exact) mass is 208 g/mol. The van der Waals surface area contributed by atoms with Gasteiger partial charge >= 0.3 is 0 Å². The summed E-state index contributed by atoms with van der Waals surface area (Å²) in [5.74, 6) is 0.185. The first-order chi connectivity index (χ1) is 7.27. The van der Waals surface area contributed by atoms with Crippen LogP contribution in [0.3, 0.4) is 0 Å². The third kappa shape index (κ3) is 3.72. The van der Waals surface area contributed by atoms with E-state index in [4.69, 9.17) is 10.00 Å². The van der Waals surface area contributed by atoms with Gasteiger partial charge in [-0.25, -0.2) is 0 Å². The Morgan fingerprint density at radius 2 is 2.33 bits per heavy atom. The number of methoxy groups -OCH3 is 1. The van der Waals surface area contributed by atoms with E-state index in [-0.39, 0.29) is 5.78 Å². The molecule has 0 atom stereocenters. The topological polar surface area (TPSA) is 53.3 Å².